The van der Waals surface area contributed by atoms with Gasteiger partial charge in [-0.05, 0) is 65.2 Å². The van der Waals surface area contributed by atoms with Crippen LogP contribution in [0.5, 0.6) is 0 Å². The summed E-state index contributed by atoms with van der Waals surface area (Å²) >= 11 is 0. The van der Waals surface area contributed by atoms with Crippen molar-refractivity contribution in [1.29, 1.82) is 0 Å². The molecule has 0 saturated carbocycles. The van der Waals surface area contributed by atoms with Gasteiger partial charge in [-0.25, -0.2) is 4.79 Å². The van der Waals surface area contributed by atoms with Crippen LogP contribution in [0.2, 0.25) is 0 Å². The number of rotatable bonds is 11. The van der Waals surface area contributed by atoms with Crippen molar-refractivity contribution in [1.82, 2.24) is 0 Å². The highest BCUT2D eigenvalue weighted by Crippen LogP contribution is 2.36. The van der Waals surface area contributed by atoms with Gasteiger partial charge in [0.1, 0.15) is 11.7 Å². The van der Waals surface area contributed by atoms with Gasteiger partial charge in [0, 0.05) is 25.0 Å². The molecule has 1 N–H and O–H groups in total. The first-order valence-electron chi connectivity index (χ1n) is 11.0. The summed E-state index contributed by atoms with van der Waals surface area (Å²) in [5.41, 5.74) is -0.924. The Labute approximate surface area is 194 Å². The van der Waals surface area contributed by atoms with E-state index in [2.05, 4.69) is 6.58 Å². The van der Waals surface area contributed by atoms with E-state index in [-0.39, 0.29) is 29.6 Å². The quantitative estimate of drug-likeness (QED) is 0.221. The summed E-state index contributed by atoms with van der Waals surface area (Å²) in [6, 6.07) is 5.20. The number of nitro groups is 1. The van der Waals surface area contributed by atoms with E-state index >= 15 is 0 Å². The van der Waals surface area contributed by atoms with E-state index in [4.69, 9.17) is 9.47 Å². The van der Waals surface area contributed by atoms with Gasteiger partial charge in [0.2, 0.25) is 0 Å². The second-order valence-electron chi connectivity index (χ2n) is 9.24. The summed E-state index contributed by atoms with van der Waals surface area (Å²) in [6.07, 6.45) is 4.80. The molecule has 8 nitrogen and oxygen atoms in total. The molecule has 2 rings (SSSR count). The molecule has 1 unspecified atom stereocenters. The molecule has 0 radical (unpaired) electrons. The van der Waals surface area contributed by atoms with E-state index in [1.54, 1.807) is 32.9 Å². The van der Waals surface area contributed by atoms with E-state index in [1.807, 2.05) is 6.92 Å². The Morgan fingerprint density at radius 1 is 1.36 bits per heavy atom. The molecule has 0 bridgehead atoms. The number of non-ortho nitro benzene ring substituents is 1. The lowest BCUT2D eigenvalue weighted by atomic mass is 9.91. The summed E-state index contributed by atoms with van der Waals surface area (Å²) in [7, 11) is 0. The average molecular weight is 460 g/mol. The topological polar surface area (TPSA) is 116 Å². The lowest BCUT2D eigenvalue weighted by molar-refractivity contribution is -0.384. The number of benzene rings is 1. The number of Topliss-reactive ketones (excluding diaryl/α,β-unsaturated/α-hetero) is 1. The van der Waals surface area contributed by atoms with Crippen LogP contribution >= 0.6 is 0 Å². The number of hydrogen-bond acceptors (Lipinski definition) is 7. The Morgan fingerprint density at radius 3 is 2.52 bits per heavy atom. The summed E-state index contributed by atoms with van der Waals surface area (Å²) in [5.74, 6) is -0.619. The molecule has 0 spiro atoms. The maximum Gasteiger partial charge on any atom is 0.338 e. The molecule has 33 heavy (non-hydrogen) atoms. The number of esters is 1. The van der Waals surface area contributed by atoms with Gasteiger partial charge in [-0.1, -0.05) is 11.6 Å². The fraction of sp³-hybridized carbons (Fsp3) is 0.520. The second kappa shape index (κ2) is 10.9. The van der Waals surface area contributed by atoms with Gasteiger partial charge in [0.25, 0.3) is 5.69 Å². The zero-order valence-electron chi connectivity index (χ0n) is 19.7. The van der Waals surface area contributed by atoms with E-state index in [1.165, 1.54) is 24.3 Å². The van der Waals surface area contributed by atoms with E-state index in [0.29, 0.717) is 25.7 Å². The SMILES string of the molecule is C=CCC(/C=C(\C)CCC(=O)[C@@]1(C)CC[C@H](C(C)(C)O)O1)OC(=O)c1ccc([N+](=O)[O-])cc1. The summed E-state index contributed by atoms with van der Waals surface area (Å²) in [5, 5.41) is 20.9. The van der Waals surface area contributed by atoms with Crippen molar-refractivity contribution >= 4 is 17.4 Å². The van der Waals surface area contributed by atoms with Crippen LogP contribution in [-0.2, 0) is 14.3 Å². The van der Waals surface area contributed by atoms with Crippen molar-refractivity contribution in [3.8, 4) is 0 Å². The largest absolute Gasteiger partial charge is 0.454 e. The third-order valence-electron chi connectivity index (χ3n) is 5.85. The molecule has 1 aromatic rings. The highest BCUT2D eigenvalue weighted by atomic mass is 16.6. The van der Waals surface area contributed by atoms with Gasteiger partial charge >= 0.3 is 5.97 Å². The Balaban J connectivity index is 1.96. The molecule has 1 fully saturated rings. The standard InChI is InChI=1S/C25H33NO7/c1-6-7-20(32-23(28)18-9-11-19(12-10-18)26(30)31)16-17(2)8-13-21(27)25(5)15-14-22(33-25)24(3,4)29/h6,9-12,16,20,22,29H,1,7-8,13-15H2,2-5H3/b17-16+/t20?,22-,25-/m1/s1. The monoisotopic (exact) mass is 459 g/mol. The molecule has 3 atom stereocenters. The number of aliphatic hydroxyl groups is 1. The first kappa shape index (κ1) is 26.4. The molecule has 0 amide bonds. The minimum atomic E-state index is -1.00. The predicted molar refractivity (Wildman–Crippen MR) is 124 cm³/mol. The minimum absolute atomic E-state index is 0.0230. The van der Waals surface area contributed by atoms with E-state index in [9.17, 15) is 24.8 Å². The number of carbonyl (C=O) groups is 2. The van der Waals surface area contributed by atoms with Crippen molar-refractivity contribution in [2.24, 2.45) is 0 Å². The highest BCUT2D eigenvalue weighted by Gasteiger charge is 2.46. The zero-order valence-corrected chi connectivity index (χ0v) is 19.7. The number of nitro benzene ring substituents is 1. The van der Waals surface area contributed by atoms with Gasteiger partial charge in [-0.2, -0.15) is 0 Å². The maximum atomic E-state index is 12.8. The van der Waals surface area contributed by atoms with Gasteiger partial charge in [-0.3, -0.25) is 14.9 Å². The molecular formula is C25H33NO7. The van der Waals surface area contributed by atoms with Gasteiger partial charge in [0.15, 0.2) is 5.78 Å². The van der Waals surface area contributed by atoms with Crippen LogP contribution in [-0.4, -0.2) is 45.2 Å². The molecular weight excluding hydrogens is 426 g/mol. The van der Waals surface area contributed by atoms with Crippen LogP contribution in [0.3, 0.4) is 0 Å². The van der Waals surface area contributed by atoms with Crippen LogP contribution in [0.25, 0.3) is 0 Å². The molecule has 1 aliphatic rings. The number of nitrogens with zero attached hydrogens (tertiary/aromatic N) is 1. The van der Waals surface area contributed by atoms with Crippen LogP contribution in [0, 0.1) is 10.1 Å². The van der Waals surface area contributed by atoms with Gasteiger partial charge < -0.3 is 14.6 Å². The van der Waals surface area contributed by atoms with Crippen molar-refractivity contribution in [2.45, 2.75) is 83.2 Å². The zero-order chi connectivity index (χ0) is 24.8. The maximum absolute atomic E-state index is 12.8. The van der Waals surface area contributed by atoms with Crippen molar-refractivity contribution < 1.29 is 29.1 Å². The summed E-state index contributed by atoms with van der Waals surface area (Å²) < 4.78 is 11.4. The lowest BCUT2D eigenvalue weighted by Crippen LogP contribution is -2.41. The molecule has 1 aromatic carbocycles. The van der Waals surface area contributed by atoms with Crippen molar-refractivity contribution in [3.05, 3.63) is 64.2 Å². The van der Waals surface area contributed by atoms with Crippen molar-refractivity contribution in [3.63, 3.8) is 0 Å². The predicted octanol–water partition coefficient (Wildman–Crippen LogP) is 4.70. The minimum Gasteiger partial charge on any atom is -0.454 e. The van der Waals surface area contributed by atoms with Crippen molar-refractivity contribution in [2.75, 3.05) is 0 Å². The molecule has 0 aliphatic carbocycles. The third kappa shape index (κ3) is 7.33. The lowest BCUT2D eigenvalue weighted by Gasteiger charge is -2.29. The molecule has 1 saturated heterocycles. The average Bonchev–Trinajstić information content (AvgIpc) is 3.16. The molecule has 0 aromatic heterocycles. The number of ketones is 1. The Bertz CT molecular complexity index is 914. The summed E-state index contributed by atoms with van der Waals surface area (Å²) in [4.78, 5) is 35.5. The smallest absolute Gasteiger partial charge is 0.338 e. The Hall–Kier alpha value is -2.84. The fourth-order valence-corrected chi connectivity index (χ4v) is 3.76. The first-order chi connectivity index (χ1) is 15.4. The fourth-order valence-electron chi connectivity index (χ4n) is 3.76. The van der Waals surface area contributed by atoms with Crippen LogP contribution in [0.1, 0.15) is 70.2 Å². The highest BCUT2D eigenvalue weighted by molar-refractivity contribution is 5.90. The Kier molecular flexibility index (Phi) is 8.69. The van der Waals surface area contributed by atoms with Crippen LogP contribution < -0.4 is 0 Å². The van der Waals surface area contributed by atoms with Gasteiger partial charge in [0.05, 0.1) is 22.2 Å². The first-order valence-corrected chi connectivity index (χ1v) is 11.0. The second-order valence-corrected chi connectivity index (χ2v) is 9.24. The normalized spacial score (nSPS) is 22.0. The number of ether oxygens (including phenoxy) is 2. The molecule has 1 aliphatic heterocycles. The third-order valence-corrected chi connectivity index (χ3v) is 5.85. The molecule has 8 heteroatoms. The summed E-state index contributed by atoms with van der Waals surface area (Å²) in [6.45, 7) is 10.7. The molecule has 1 heterocycles. The van der Waals surface area contributed by atoms with Crippen LogP contribution in [0.4, 0.5) is 5.69 Å². The Morgan fingerprint density at radius 2 is 2.00 bits per heavy atom. The number of hydrogen-bond donors (Lipinski definition) is 1. The van der Waals surface area contributed by atoms with Gasteiger partial charge in [-0.15, -0.1) is 6.58 Å². The number of carbonyl (C=O) groups excluding carboxylic acids is 2. The van der Waals surface area contributed by atoms with Crippen LogP contribution in [0.15, 0.2) is 48.6 Å². The number of allylic oxidation sites excluding steroid dienone is 1. The van der Waals surface area contributed by atoms with E-state index < -0.39 is 28.2 Å². The molecule has 180 valence electrons. The van der Waals surface area contributed by atoms with E-state index in [0.717, 1.165) is 5.57 Å².